The van der Waals surface area contributed by atoms with Gasteiger partial charge < -0.3 is 0 Å². The minimum absolute atomic E-state index is 0.0418. The first-order valence-corrected chi connectivity index (χ1v) is 8.29. The van der Waals surface area contributed by atoms with Crippen molar-refractivity contribution in [1.82, 2.24) is 0 Å². The molecular formula is C8H16O6S2. The van der Waals surface area contributed by atoms with Crippen LogP contribution in [0.1, 0.15) is 32.1 Å². The molecule has 0 amide bonds. The van der Waals surface area contributed by atoms with Gasteiger partial charge in [0.15, 0.2) is 5.94 Å². The Kier molecular flexibility index (Phi) is 4.72. The van der Waals surface area contributed by atoms with Crippen molar-refractivity contribution >= 4 is 20.2 Å². The van der Waals surface area contributed by atoms with E-state index in [0.29, 0.717) is 0 Å². The van der Waals surface area contributed by atoms with Crippen LogP contribution in [0.4, 0.5) is 0 Å². The second kappa shape index (κ2) is 5.44. The average molecular weight is 272 g/mol. The van der Waals surface area contributed by atoms with Crippen LogP contribution in [-0.2, 0) is 24.4 Å². The van der Waals surface area contributed by atoms with Gasteiger partial charge in [-0.25, -0.2) is 0 Å². The Hall–Kier alpha value is -0.180. The SMILES string of the molecule is O=S(=O)(O)COS(=O)(=O)CC1CCCCC1. The fourth-order valence-electron chi connectivity index (χ4n) is 1.82. The third-order valence-corrected chi connectivity index (χ3v) is 4.46. The molecule has 1 fully saturated rings. The molecule has 1 aliphatic carbocycles. The minimum Gasteiger partial charge on any atom is -0.284 e. The molecule has 0 aromatic rings. The Labute approximate surface area is 95.9 Å². The lowest BCUT2D eigenvalue weighted by molar-refractivity contribution is 0.330. The van der Waals surface area contributed by atoms with Crippen LogP contribution in [-0.4, -0.2) is 33.1 Å². The van der Waals surface area contributed by atoms with Crippen LogP contribution in [0.2, 0.25) is 0 Å². The van der Waals surface area contributed by atoms with Gasteiger partial charge in [-0.1, -0.05) is 19.3 Å². The van der Waals surface area contributed by atoms with E-state index in [0.717, 1.165) is 32.1 Å². The molecule has 0 saturated heterocycles. The Morgan fingerprint density at radius 1 is 1.06 bits per heavy atom. The lowest BCUT2D eigenvalue weighted by Crippen LogP contribution is -2.22. The van der Waals surface area contributed by atoms with Crippen LogP contribution in [0.15, 0.2) is 0 Å². The first-order valence-electron chi connectivity index (χ1n) is 5.11. The summed E-state index contributed by atoms with van der Waals surface area (Å²) in [5.74, 6) is -1.31. The van der Waals surface area contributed by atoms with Crippen LogP contribution in [0.5, 0.6) is 0 Å². The van der Waals surface area contributed by atoms with Gasteiger partial charge in [-0.2, -0.15) is 16.8 Å². The quantitative estimate of drug-likeness (QED) is 0.586. The van der Waals surface area contributed by atoms with Crippen molar-refractivity contribution < 1.29 is 25.6 Å². The first-order chi connectivity index (χ1) is 7.29. The van der Waals surface area contributed by atoms with Gasteiger partial charge in [0.25, 0.3) is 20.2 Å². The average Bonchev–Trinajstić information content (AvgIpc) is 2.15. The van der Waals surface area contributed by atoms with Crippen molar-refractivity contribution in [2.24, 2.45) is 5.92 Å². The van der Waals surface area contributed by atoms with Gasteiger partial charge in [0.2, 0.25) is 0 Å². The molecule has 0 atom stereocenters. The third kappa shape index (κ3) is 5.78. The number of rotatable bonds is 5. The Bertz CT molecular complexity index is 404. The summed E-state index contributed by atoms with van der Waals surface area (Å²) < 4.78 is 56.0. The summed E-state index contributed by atoms with van der Waals surface area (Å²) in [5.41, 5.74) is 0. The predicted octanol–water partition coefficient (Wildman–Crippen LogP) is 0.758. The molecule has 16 heavy (non-hydrogen) atoms. The minimum atomic E-state index is -4.40. The highest BCUT2D eigenvalue weighted by molar-refractivity contribution is 7.89. The monoisotopic (exact) mass is 272 g/mol. The van der Waals surface area contributed by atoms with Crippen LogP contribution in [0.3, 0.4) is 0 Å². The zero-order valence-corrected chi connectivity index (χ0v) is 10.5. The highest BCUT2D eigenvalue weighted by Crippen LogP contribution is 2.25. The van der Waals surface area contributed by atoms with E-state index < -0.39 is 26.2 Å². The molecule has 0 spiro atoms. The van der Waals surface area contributed by atoms with Gasteiger partial charge in [0, 0.05) is 0 Å². The van der Waals surface area contributed by atoms with Crippen LogP contribution >= 0.6 is 0 Å². The summed E-state index contributed by atoms with van der Waals surface area (Å²) in [6, 6.07) is 0. The summed E-state index contributed by atoms with van der Waals surface area (Å²) in [6.45, 7) is 0. The van der Waals surface area contributed by atoms with E-state index in [1.165, 1.54) is 0 Å². The van der Waals surface area contributed by atoms with Crippen molar-refractivity contribution in [2.45, 2.75) is 32.1 Å². The van der Waals surface area contributed by atoms with E-state index in [4.69, 9.17) is 4.55 Å². The van der Waals surface area contributed by atoms with Crippen molar-refractivity contribution in [2.75, 3.05) is 11.7 Å². The first kappa shape index (κ1) is 13.9. The van der Waals surface area contributed by atoms with E-state index in [1.807, 2.05) is 0 Å². The van der Waals surface area contributed by atoms with Gasteiger partial charge in [-0.3, -0.25) is 8.74 Å². The van der Waals surface area contributed by atoms with Crippen molar-refractivity contribution in [3.8, 4) is 0 Å². The molecule has 0 unspecified atom stereocenters. The van der Waals surface area contributed by atoms with E-state index >= 15 is 0 Å². The van der Waals surface area contributed by atoms with Crippen molar-refractivity contribution in [3.63, 3.8) is 0 Å². The Morgan fingerprint density at radius 2 is 1.62 bits per heavy atom. The summed E-state index contributed by atoms with van der Waals surface area (Å²) >= 11 is 0. The van der Waals surface area contributed by atoms with Crippen molar-refractivity contribution in [1.29, 1.82) is 0 Å². The molecule has 96 valence electrons. The molecule has 6 nitrogen and oxygen atoms in total. The van der Waals surface area contributed by atoms with E-state index in [-0.39, 0.29) is 11.7 Å². The van der Waals surface area contributed by atoms with Crippen LogP contribution in [0.25, 0.3) is 0 Å². The molecule has 0 bridgehead atoms. The van der Waals surface area contributed by atoms with E-state index in [2.05, 4.69) is 4.18 Å². The predicted molar refractivity (Wildman–Crippen MR) is 57.9 cm³/mol. The molecule has 0 aromatic heterocycles. The molecule has 1 saturated carbocycles. The number of hydrogen-bond donors (Lipinski definition) is 1. The van der Waals surface area contributed by atoms with Gasteiger partial charge in [0.05, 0.1) is 5.75 Å². The second-order valence-electron chi connectivity index (χ2n) is 4.05. The van der Waals surface area contributed by atoms with Gasteiger partial charge in [-0.15, -0.1) is 0 Å². The molecule has 1 rings (SSSR count). The maximum Gasteiger partial charge on any atom is 0.290 e. The zero-order valence-electron chi connectivity index (χ0n) is 8.83. The second-order valence-corrected chi connectivity index (χ2v) is 7.13. The van der Waals surface area contributed by atoms with Crippen molar-refractivity contribution in [3.05, 3.63) is 0 Å². The molecule has 0 aromatic carbocycles. The van der Waals surface area contributed by atoms with Crippen LogP contribution < -0.4 is 0 Å². The normalized spacial score (nSPS) is 19.8. The fraction of sp³-hybridized carbons (Fsp3) is 1.00. The standard InChI is InChI=1S/C8H16O6S2/c9-15(10,11)7-14-16(12,13)6-8-4-2-1-3-5-8/h8H,1-7H2,(H,9,10,11). The van der Waals surface area contributed by atoms with E-state index in [1.54, 1.807) is 0 Å². The fourth-order valence-corrected chi connectivity index (χ4v) is 3.90. The molecule has 8 heteroatoms. The Morgan fingerprint density at radius 3 is 2.12 bits per heavy atom. The van der Waals surface area contributed by atoms with Crippen LogP contribution in [0, 0.1) is 5.92 Å². The maximum atomic E-state index is 11.3. The lowest BCUT2D eigenvalue weighted by Gasteiger charge is -2.20. The molecule has 1 N–H and O–H groups in total. The summed E-state index contributed by atoms with van der Waals surface area (Å²) in [6.07, 6.45) is 4.77. The summed E-state index contributed by atoms with van der Waals surface area (Å²) in [4.78, 5) is 0. The molecule has 1 aliphatic rings. The van der Waals surface area contributed by atoms with E-state index in [9.17, 15) is 16.8 Å². The molecule has 0 aliphatic heterocycles. The maximum absolute atomic E-state index is 11.3. The highest BCUT2D eigenvalue weighted by Gasteiger charge is 2.23. The summed E-state index contributed by atoms with van der Waals surface area (Å²) in [5, 5.41) is 0. The Balaban J connectivity index is 2.44. The molecular weight excluding hydrogens is 256 g/mol. The summed E-state index contributed by atoms with van der Waals surface area (Å²) in [7, 11) is -8.25. The van der Waals surface area contributed by atoms with Gasteiger partial charge >= 0.3 is 0 Å². The van der Waals surface area contributed by atoms with Gasteiger partial charge in [0.1, 0.15) is 0 Å². The zero-order chi connectivity index (χ0) is 12.2. The third-order valence-electron chi connectivity index (χ3n) is 2.54. The van der Waals surface area contributed by atoms with Gasteiger partial charge in [-0.05, 0) is 18.8 Å². The molecule has 0 heterocycles. The molecule has 0 radical (unpaired) electrons. The number of hydrogen-bond acceptors (Lipinski definition) is 5. The highest BCUT2D eigenvalue weighted by atomic mass is 32.2. The topological polar surface area (TPSA) is 97.7 Å². The largest absolute Gasteiger partial charge is 0.290 e. The lowest BCUT2D eigenvalue weighted by atomic mass is 9.91. The smallest absolute Gasteiger partial charge is 0.284 e.